The van der Waals surface area contributed by atoms with Crippen molar-refractivity contribution in [2.75, 3.05) is 26.2 Å². The van der Waals surface area contributed by atoms with Gasteiger partial charge in [-0.1, -0.05) is 39.0 Å². The molecule has 1 aliphatic heterocycles. The second-order valence-electron chi connectivity index (χ2n) is 7.74. The van der Waals surface area contributed by atoms with Crippen LogP contribution in [0.4, 0.5) is 0 Å². The van der Waals surface area contributed by atoms with Crippen molar-refractivity contribution in [3.63, 3.8) is 0 Å². The number of benzene rings is 1. The van der Waals surface area contributed by atoms with Gasteiger partial charge in [-0.3, -0.25) is 9.59 Å². The van der Waals surface area contributed by atoms with E-state index < -0.39 is 0 Å². The summed E-state index contributed by atoms with van der Waals surface area (Å²) < 4.78 is 2.13. The van der Waals surface area contributed by atoms with Gasteiger partial charge in [0.25, 0.3) is 0 Å². The maximum Gasteiger partial charge on any atom is 0.228 e. The predicted octanol–water partition coefficient (Wildman–Crippen LogP) is 2.75. The highest BCUT2D eigenvalue weighted by Gasteiger charge is 2.30. The molecule has 1 saturated heterocycles. The summed E-state index contributed by atoms with van der Waals surface area (Å²) in [6.45, 7) is 9.03. The van der Waals surface area contributed by atoms with Crippen LogP contribution in [0, 0.1) is 5.41 Å². The number of fused-ring (bicyclic) bond motifs is 1. The van der Waals surface area contributed by atoms with Crippen LogP contribution in [0.2, 0.25) is 0 Å². The molecule has 1 aromatic carbocycles. The maximum absolute atomic E-state index is 12.5. The summed E-state index contributed by atoms with van der Waals surface area (Å²) in [6, 6.07) is 10.3. The zero-order valence-corrected chi connectivity index (χ0v) is 15.4. The first kappa shape index (κ1) is 17.5. The van der Waals surface area contributed by atoms with E-state index in [1.54, 1.807) is 0 Å². The summed E-state index contributed by atoms with van der Waals surface area (Å²) in [5, 5.41) is 1.20. The van der Waals surface area contributed by atoms with Crippen LogP contribution >= 0.6 is 0 Å². The summed E-state index contributed by atoms with van der Waals surface area (Å²) in [7, 11) is 0. The summed E-state index contributed by atoms with van der Waals surface area (Å²) >= 11 is 0. The smallest absolute Gasteiger partial charge is 0.228 e. The first-order valence-corrected chi connectivity index (χ1v) is 8.97. The molecule has 0 atom stereocenters. The van der Waals surface area contributed by atoms with Gasteiger partial charge in [0.15, 0.2) is 0 Å². The minimum absolute atomic E-state index is 0.165. The molecule has 0 unspecified atom stereocenters. The van der Waals surface area contributed by atoms with E-state index in [0.717, 1.165) is 5.52 Å². The number of hydrogen-bond acceptors (Lipinski definition) is 2. The molecule has 1 aliphatic rings. The van der Waals surface area contributed by atoms with Gasteiger partial charge in [0.1, 0.15) is 0 Å². The van der Waals surface area contributed by atoms with Crippen molar-refractivity contribution in [3.8, 4) is 0 Å². The fourth-order valence-electron chi connectivity index (χ4n) is 3.34. The molecule has 5 nitrogen and oxygen atoms in total. The monoisotopic (exact) mass is 341 g/mol. The quantitative estimate of drug-likeness (QED) is 0.862. The second kappa shape index (κ2) is 6.90. The van der Waals surface area contributed by atoms with Gasteiger partial charge in [0.05, 0.1) is 0 Å². The first-order valence-electron chi connectivity index (χ1n) is 8.97. The minimum atomic E-state index is -0.359. The zero-order valence-electron chi connectivity index (χ0n) is 15.4. The Morgan fingerprint density at radius 3 is 2.28 bits per heavy atom. The molecule has 0 spiro atoms. The zero-order chi connectivity index (χ0) is 18.0. The second-order valence-corrected chi connectivity index (χ2v) is 7.74. The molecule has 2 aromatic rings. The van der Waals surface area contributed by atoms with Crippen LogP contribution in [0.5, 0.6) is 0 Å². The molecular formula is C20H27N3O2. The average Bonchev–Trinajstić information content (AvgIpc) is 3.01. The molecule has 0 radical (unpaired) electrons. The highest BCUT2D eigenvalue weighted by Crippen LogP contribution is 2.19. The lowest BCUT2D eigenvalue weighted by atomic mass is 9.94. The van der Waals surface area contributed by atoms with E-state index in [0.29, 0.717) is 39.1 Å². The highest BCUT2D eigenvalue weighted by molar-refractivity contribution is 5.82. The number of aryl methyl sites for hydroxylation is 1. The Hall–Kier alpha value is -2.30. The third kappa shape index (κ3) is 3.86. The van der Waals surface area contributed by atoms with Crippen LogP contribution in [-0.2, 0) is 16.1 Å². The number of para-hydroxylation sites is 1. The summed E-state index contributed by atoms with van der Waals surface area (Å²) in [5.74, 6) is 0.332. The third-order valence-corrected chi connectivity index (χ3v) is 4.81. The Bertz CT molecular complexity index is 765. The minimum Gasteiger partial charge on any atom is -0.347 e. The summed E-state index contributed by atoms with van der Waals surface area (Å²) in [4.78, 5) is 28.6. The van der Waals surface area contributed by atoms with Gasteiger partial charge in [0.2, 0.25) is 11.8 Å². The first-order chi connectivity index (χ1) is 11.9. The topological polar surface area (TPSA) is 45.6 Å². The van der Waals surface area contributed by atoms with Crippen LogP contribution in [0.25, 0.3) is 10.9 Å². The Morgan fingerprint density at radius 1 is 0.960 bits per heavy atom. The van der Waals surface area contributed by atoms with E-state index in [4.69, 9.17) is 0 Å². The van der Waals surface area contributed by atoms with Crippen LogP contribution in [0.15, 0.2) is 36.5 Å². The Morgan fingerprint density at radius 2 is 1.60 bits per heavy atom. The maximum atomic E-state index is 12.5. The molecule has 1 aromatic heterocycles. The number of carbonyl (C=O) groups is 2. The molecular weight excluding hydrogens is 314 g/mol. The number of rotatable bonds is 3. The van der Waals surface area contributed by atoms with Crippen molar-refractivity contribution in [1.82, 2.24) is 14.4 Å². The van der Waals surface area contributed by atoms with E-state index in [2.05, 4.69) is 22.8 Å². The van der Waals surface area contributed by atoms with Gasteiger partial charge in [-0.25, -0.2) is 0 Å². The predicted molar refractivity (Wildman–Crippen MR) is 99.2 cm³/mol. The van der Waals surface area contributed by atoms with E-state index >= 15 is 0 Å². The molecule has 0 aliphatic carbocycles. The van der Waals surface area contributed by atoms with Crippen LogP contribution in [0.1, 0.15) is 27.2 Å². The van der Waals surface area contributed by atoms with E-state index in [1.807, 2.05) is 48.9 Å². The van der Waals surface area contributed by atoms with Crippen molar-refractivity contribution in [2.45, 2.75) is 33.7 Å². The van der Waals surface area contributed by atoms with Gasteiger partial charge in [-0.15, -0.1) is 0 Å². The van der Waals surface area contributed by atoms with Gasteiger partial charge < -0.3 is 14.4 Å². The molecule has 5 heteroatoms. The largest absolute Gasteiger partial charge is 0.347 e. The van der Waals surface area contributed by atoms with Crippen molar-refractivity contribution >= 4 is 22.7 Å². The van der Waals surface area contributed by atoms with Gasteiger partial charge in [0, 0.05) is 56.3 Å². The van der Waals surface area contributed by atoms with E-state index in [9.17, 15) is 9.59 Å². The fourth-order valence-corrected chi connectivity index (χ4v) is 3.34. The molecule has 0 bridgehead atoms. The van der Waals surface area contributed by atoms with Crippen LogP contribution in [-0.4, -0.2) is 52.4 Å². The standard InChI is InChI=1S/C20H27N3O2/c1-20(2,3)19(25)23-14-12-22(13-15-23)18(24)9-11-21-10-8-16-6-4-5-7-17(16)21/h4-8,10H,9,11-15H2,1-3H3. The fraction of sp³-hybridized carbons (Fsp3) is 0.500. The van der Waals surface area contributed by atoms with Crippen molar-refractivity contribution in [3.05, 3.63) is 36.5 Å². The lowest BCUT2D eigenvalue weighted by molar-refractivity contribution is -0.145. The number of piperazine rings is 1. The Labute approximate surface area is 149 Å². The SMILES string of the molecule is CC(C)(C)C(=O)N1CCN(C(=O)CCn2ccc3ccccc32)CC1. The third-order valence-electron chi connectivity index (χ3n) is 4.81. The normalized spacial score (nSPS) is 15.6. The number of amides is 2. The molecule has 2 heterocycles. The Balaban J connectivity index is 1.52. The van der Waals surface area contributed by atoms with Gasteiger partial charge in [-0.05, 0) is 17.5 Å². The molecule has 0 saturated carbocycles. The van der Waals surface area contributed by atoms with Crippen molar-refractivity contribution < 1.29 is 9.59 Å². The number of hydrogen-bond donors (Lipinski definition) is 0. The highest BCUT2D eigenvalue weighted by atomic mass is 16.2. The molecule has 1 fully saturated rings. The Kier molecular flexibility index (Phi) is 4.84. The lowest BCUT2D eigenvalue weighted by Crippen LogP contribution is -2.53. The van der Waals surface area contributed by atoms with Crippen LogP contribution < -0.4 is 0 Å². The lowest BCUT2D eigenvalue weighted by Gasteiger charge is -2.37. The molecule has 3 rings (SSSR count). The average molecular weight is 341 g/mol. The summed E-state index contributed by atoms with van der Waals surface area (Å²) in [5.41, 5.74) is 0.803. The van der Waals surface area contributed by atoms with Gasteiger partial charge >= 0.3 is 0 Å². The van der Waals surface area contributed by atoms with E-state index in [-0.39, 0.29) is 17.2 Å². The van der Waals surface area contributed by atoms with E-state index in [1.165, 1.54) is 5.39 Å². The van der Waals surface area contributed by atoms with Crippen molar-refractivity contribution in [2.24, 2.45) is 5.41 Å². The molecule has 134 valence electrons. The number of aromatic nitrogens is 1. The summed E-state index contributed by atoms with van der Waals surface area (Å²) in [6.07, 6.45) is 2.53. The molecule has 25 heavy (non-hydrogen) atoms. The van der Waals surface area contributed by atoms with Gasteiger partial charge in [-0.2, -0.15) is 0 Å². The number of carbonyl (C=O) groups excluding carboxylic acids is 2. The molecule has 2 amide bonds. The molecule has 0 N–H and O–H groups in total. The van der Waals surface area contributed by atoms with Crippen LogP contribution in [0.3, 0.4) is 0 Å². The number of nitrogens with zero attached hydrogens (tertiary/aromatic N) is 3. The van der Waals surface area contributed by atoms with Crippen molar-refractivity contribution in [1.29, 1.82) is 0 Å².